The molecule has 0 radical (unpaired) electrons. The Balaban J connectivity index is 1.22. The highest BCUT2D eigenvalue weighted by Gasteiger charge is 2.63. The van der Waals surface area contributed by atoms with Crippen molar-refractivity contribution in [2.75, 3.05) is 51.0 Å². The smallest absolute Gasteiger partial charge is 0.408 e. The van der Waals surface area contributed by atoms with E-state index in [1.54, 1.807) is 47.1 Å². The van der Waals surface area contributed by atoms with Gasteiger partial charge in [-0.05, 0) is 96.3 Å². The monoisotopic (exact) mass is 929 g/mol. The van der Waals surface area contributed by atoms with E-state index in [1.165, 1.54) is 15.5 Å². The molecule has 7 atom stereocenters. The van der Waals surface area contributed by atoms with Gasteiger partial charge in [0.1, 0.15) is 35.1 Å². The third kappa shape index (κ3) is 10.1. The van der Waals surface area contributed by atoms with Crippen molar-refractivity contribution in [3.05, 3.63) is 36.5 Å². The lowest BCUT2D eigenvalue weighted by Crippen LogP contribution is -2.59. The number of fused-ring (bicyclic) bond motifs is 3. The van der Waals surface area contributed by atoms with Crippen LogP contribution in [0.4, 0.5) is 10.5 Å². The largest absolute Gasteiger partial charge is 0.497 e. The number of benzene rings is 1. The van der Waals surface area contributed by atoms with Crippen molar-refractivity contribution in [1.29, 1.82) is 0 Å². The van der Waals surface area contributed by atoms with Crippen LogP contribution in [-0.2, 0) is 39.2 Å². The van der Waals surface area contributed by atoms with Gasteiger partial charge < -0.3 is 34.6 Å². The van der Waals surface area contributed by atoms with Gasteiger partial charge in [0.05, 0.1) is 36.5 Å². The molecular formula is C44H63N7O11S2. The Hall–Kier alpha value is -4.69. The standard InChI is InChI=1S/C44H63N7O11S2/c1-27-11-9-10-12-29-24-44(29,40(54)48-64(58,59)43(6)15-16-43)47-37(52)34-23-31(26-51(34)39(53)36(28(2)21-27)46-41(55)62-42(3,4)5)61-38-32-14-13-30(60-7)22-33(32)35(25-45-38)49-17-19-50(20-18-49)63(8,56)57/h10,12-14,22,25,27-29,31,34,36H,9,11,15-21,23-24,26H2,1-8H3,(H,46,55)(H,47,52)(H,48,54)/b12-10-/t27-,28-,29-,31-,34+,36+,44-/m1/s1. The second kappa shape index (κ2) is 17.6. The second-order valence-corrected chi connectivity index (χ2v) is 23.8. The Kier molecular flexibility index (Phi) is 13.0. The van der Waals surface area contributed by atoms with Gasteiger partial charge in [-0.25, -0.2) is 26.6 Å². The van der Waals surface area contributed by atoms with Gasteiger partial charge >= 0.3 is 6.09 Å². The first-order valence-electron chi connectivity index (χ1n) is 22.1. The summed E-state index contributed by atoms with van der Waals surface area (Å²) in [5.41, 5.74) is -1.69. The normalized spacial score (nSPS) is 29.6. The first-order chi connectivity index (χ1) is 29.9. The fraction of sp³-hybridized carbons (Fsp3) is 0.659. The third-order valence-corrected chi connectivity index (χ3v) is 16.7. The van der Waals surface area contributed by atoms with Crippen LogP contribution in [0.15, 0.2) is 36.5 Å². The molecule has 4 amide bonds. The average molecular weight is 930 g/mol. The van der Waals surface area contributed by atoms with Crippen molar-refractivity contribution in [1.82, 2.24) is 29.5 Å². The van der Waals surface area contributed by atoms with Gasteiger partial charge in [-0.1, -0.05) is 26.0 Å². The Bertz CT molecular complexity index is 2410. The quantitative estimate of drug-likeness (QED) is 0.307. The molecule has 2 saturated carbocycles. The van der Waals surface area contributed by atoms with Crippen LogP contribution in [0, 0.1) is 17.8 Å². The summed E-state index contributed by atoms with van der Waals surface area (Å²) in [6.07, 6.45) is 7.99. The van der Waals surface area contributed by atoms with Gasteiger partial charge in [-0.3, -0.25) is 19.1 Å². The molecule has 1 aromatic carbocycles. The summed E-state index contributed by atoms with van der Waals surface area (Å²) in [4.78, 5) is 65.3. The number of ether oxygens (including phenoxy) is 3. The third-order valence-electron chi connectivity index (χ3n) is 13.3. The number of nitrogens with one attached hydrogen (secondary N) is 3. The summed E-state index contributed by atoms with van der Waals surface area (Å²) < 4.78 is 71.6. The summed E-state index contributed by atoms with van der Waals surface area (Å²) in [6.45, 7) is 12.1. The number of sulfonamides is 2. The lowest BCUT2D eigenvalue weighted by atomic mass is 9.88. The molecule has 3 aliphatic heterocycles. The van der Waals surface area contributed by atoms with Crippen LogP contribution in [0.25, 0.3) is 10.8 Å². The molecule has 20 heteroatoms. The predicted molar refractivity (Wildman–Crippen MR) is 240 cm³/mol. The number of nitrogens with zero attached hydrogens (tertiary/aromatic N) is 4. The van der Waals surface area contributed by atoms with E-state index in [0.29, 0.717) is 63.0 Å². The van der Waals surface area contributed by atoms with Crippen molar-refractivity contribution in [3.8, 4) is 11.6 Å². The molecule has 2 aromatic rings. The maximum Gasteiger partial charge on any atom is 0.408 e. The van der Waals surface area contributed by atoms with Crippen LogP contribution in [-0.4, -0.2) is 135 Å². The number of pyridine rings is 1. The SMILES string of the molecule is COc1ccc2c(O[C@@H]3C[C@H]4C(=O)N[C@]5(C(=O)NS(=O)(=O)C6(C)CC6)C[C@H]5/C=C\CC[C@@H](C)C[C@@H](C)[C@H](NC(=O)OC(C)(C)C)C(=O)N4C3)ncc(N3CCN(S(C)(=O)=O)CC3)c2c1. The topological polar surface area (TPSA) is 223 Å². The minimum absolute atomic E-state index is 0.0232. The van der Waals surface area contributed by atoms with Crippen molar-refractivity contribution >= 4 is 60.3 Å². The zero-order chi connectivity index (χ0) is 46.6. The number of carbonyl (C=O) groups is 4. The summed E-state index contributed by atoms with van der Waals surface area (Å²) >= 11 is 0. The highest BCUT2D eigenvalue weighted by molar-refractivity contribution is 7.91. The maximum absolute atomic E-state index is 15.0. The number of hydrogen-bond donors (Lipinski definition) is 3. The van der Waals surface area contributed by atoms with E-state index in [4.69, 9.17) is 19.2 Å². The highest BCUT2D eigenvalue weighted by Crippen LogP contribution is 2.48. The first-order valence-corrected chi connectivity index (χ1v) is 25.5. The molecule has 1 aromatic heterocycles. The van der Waals surface area contributed by atoms with E-state index >= 15 is 0 Å². The number of aromatic nitrogens is 1. The molecule has 3 N–H and O–H groups in total. The number of amides is 4. The molecule has 352 valence electrons. The average Bonchev–Trinajstić information content (AvgIpc) is 4.10. The number of allylic oxidation sites excluding steroid dienone is 1. The number of anilines is 1. The molecule has 0 unspecified atom stereocenters. The fourth-order valence-electron chi connectivity index (χ4n) is 9.10. The first kappa shape index (κ1) is 47.3. The molecule has 0 spiro atoms. The molecule has 4 fully saturated rings. The molecule has 18 nitrogen and oxygen atoms in total. The van der Waals surface area contributed by atoms with Crippen LogP contribution < -0.4 is 29.7 Å². The number of methoxy groups -OCH3 is 1. The molecule has 4 heterocycles. The number of alkyl carbamates (subject to hydrolysis) is 1. The van der Waals surface area contributed by atoms with Crippen LogP contribution in [0.5, 0.6) is 11.6 Å². The minimum atomic E-state index is -4.04. The van der Waals surface area contributed by atoms with Gasteiger partial charge in [-0.15, -0.1) is 0 Å². The van der Waals surface area contributed by atoms with Crippen LogP contribution in [0.3, 0.4) is 0 Å². The Labute approximate surface area is 376 Å². The molecule has 2 saturated heterocycles. The van der Waals surface area contributed by atoms with E-state index in [0.717, 1.165) is 17.5 Å². The van der Waals surface area contributed by atoms with Gasteiger partial charge in [0.15, 0.2) is 0 Å². The highest BCUT2D eigenvalue weighted by atomic mass is 32.2. The second-order valence-electron chi connectivity index (χ2n) is 19.6. The van der Waals surface area contributed by atoms with E-state index in [9.17, 15) is 36.0 Å². The molecule has 0 bridgehead atoms. The zero-order valence-electron chi connectivity index (χ0n) is 38.0. The van der Waals surface area contributed by atoms with Gasteiger partial charge in [0.25, 0.3) is 5.91 Å². The van der Waals surface area contributed by atoms with E-state index in [1.807, 2.05) is 31.2 Å². The van der Waals surface area contributed by atoms with Gasteiger partial charge in [-0.2, -0.15) is 4.31 Å². The molecule has 2 aliphatic carbocycles. The van der Waals surface area contributed by atoms with Gasteiger partial charge in [0, 0.05) is 49.3 Å². The van der Waals surface area contributed by atoms with Crippen molar-refractivity contribution in [3.63, 3.8) is 0 Å². The number of carbonyl (C=O) groups excluding carboxylic acids is 4. The Morgan fingerprint density at radius 2 is 1.70 bits per heavy atom. The lowest BCUT2D eigenvalue weighted by molar-refractivity contribution is -0.142. The molecule has 7 rings (SSSR count). The summed E-state index contributed by atoms with van der Waals surface area (Å²) in [5, 5.41) is 7.08. The zero-order valence-corrected chi connectivity index (χ0v) is 39.6. The van der Waals surface area contributed by atoms with Crippen molar-refractivity contribution < 1.29 is 50.2 Å². The maximum atomic E-state index is 15.0. The Morgan fingerprint density at radius 1 is 1.00 bits per heavy atom. The minimum Gasteiger partial charge on any atom is -0.497 e. The van der Waals surface area contributed by atoms with Crippen LogP contribution in [0.2, 0.25) is 0 Å². The predicted octanol–water partition coefficient (Wildman–Crippen LogP) is 3.45. The summed E-state index contributed by atoms with van der Waals surface area (Å²) in [7, 11) is -5.85. The molecule has 64 heavy (non-hydrogen) atoms. The molecule has 5 aliphatic rings. The Morgan fingerprint density at radius 3 is 2.34 bits per heavy atom. The fourth-order valence-corrected chi connectivity index (χ4v) is 11.2. The van der Waals surface area contributed by atoms with Crippen LogP contribution >= 0.6 is 0 Å². The van der Waals surface area contributed by atoms with Gasteiger partial charge in [0.2, 0.25) is 37.7 Å². The summed E-state index contributed by atoms with van der Waals surface area (Å²) in [6, 6.07) is 3.13. The number of hydrogen-bond acceptors (Lipinski definition) is 13. The number of piperazine rings is 1. The van der Waals surface area contributed by atoms with E-state index in [2.05, 4.69) is 27.2 Å². The van der Waals surface area contributed by atoms with Crippen molar-refractivity contribution in [2.24, 2.45) is 17.8 Å². The van der Waals surface area contributed by atoms with Crippen LogP contribution in [0.1, 0.15) is 86.5 Å². The molecular weight excluding hydrogens is 867 g/mol. The lowest BCUT2D eigenvalue weighted by Gasteiger charge is -2.35. The summed E-state index contributed by atoms with van der Waals surface area (Å²) in [5.74, 6) is -1.99. The van der Waals surface area contributed by atoms with E-state index in [-0.39, 0.29) is 37.1 Å². The number of rotatable bonds is 9. The van der Waals surface area contributed by atoms with Crippen molar-refractivity contribution in [2.45, 2.75) is 121 Å². The van der Waals surface area contributed by atoms with E-state index < -0.39 is 83.9 Å².